The van der Waals surface area contributed by atoms with Gasteiger partial charge < -0.3 is 4.48 Å². The van der Waals surface area contributed by atoms with Crippen molar-refractivity contribution >= 4 is 0 Å². The molecule has 0 saturated carbocycles. The monoisotopic (exact) mass is 210 g/mol. The molecule has 0 unspecified atom stereocenters. The first kappa shape index (κ1) is 11.4. The first-order valence-corrected chi connectivity index (χ1v) is 6.68. The first-order chi connectivity index (χ1) is 6.81. The lowest BCUT2D eigenvalue weighted by molar-refractivity contribution is -0.986. The summed E-state index contributed by atoms with van der Waals surface area (Å²) in [5.74, 6) is 0.889. The minimum Gasteiger partial charge on any atom is -0.319 e. The van der Waals surface area contributed by atoms with Gasteiger partial charge in [0.2, 0.25) is 0 Å². The molecule has 0 aromatic carbocycles. The van der Waals surface area contributed by atoms with E-state index < -0.39 is 0 Å². The Hall–Kier alpha value is -0.0400. The Labute approximate surface area is 95.4 Å². The molecular weight excluding hydrogens is 182 g/mol. The van der Waals surface area contributed by atoms with Crippen LogP contribution in [0.2, 0.25) is 0 Å². The molecule has 0 aromatic heterocycles. The summed E-state index contributed by atoms with van der Waals surface area (Å²) in [5, 5.41) is 0. The highest BCUT2D eigenvalue weighted by molar-refractivity contribution is 4.91. The molecule has 0 amide bonds. The molecule has 0 N–H and O–H groups in total. The SMILES string of the molecule is CC(C)C12CC[N+](C(C)(C)C)(CC1)CC2. The molecule has 15 heavy (non-hydrogen) atoms. The van der Waals surface area contributed by atoms with Crippen molar-refractivity contribution in [3.8, 4) is 0 Å². The third-order valence-electron chi connectivity index (χ3n) is 5.76. The quantitative estimate of drug-likeness (QED) is 0.582. The number of hydrogen-bond acceptors (Lipinski definition) is 0. The number of quaternary nitrogens is 1. The van der Waals surface area contributed by atoms with Crippen LogP contribution in [-0.2, 0) is 0 Å². The second-order valence-electron chi connectivity index (χ2n) is 7.25. The Morgan fingerprint density at radius 1 is 0.933 bits per heavy atom. The van der Waals surface area contributed by atoms with Crippen LogP contribution in [0.4, 0.5) is 0 Å². The highest BCUT2D eigenvalue weighted by atomic mass is 15.4. The summed E-state index contributed by atoms with van der Waals surface area (Å²) in [5.41, 5.74) is 1.18. The fourth-order valence-electron chi connectivity index (χ4n) is 3.89. The smallest absolute Gasteiger partial charge is 0.0907 e. The maximum Gasteiger partial charge on any atom is 0.0907 e. The van der Waals surface area contributed by atoms with Gasteiger partial charge in [-0.1, -0.05) is 13.8 Å². The highest BCUT2D eigenvalue weighted by Gasteiger charge is 2.54. The zero-order chi connectivity index (χ0) is 11.3. The summed E-state index contributed by atoms with van der Waals surface area (Å²) in [4.78, 5) is 0. The lowest BCUT2D eigenvalue weighted by atomic mass is 9.63. The molecule has 3 fully saturated rings. The molecule has 3 rings (SSSR count). The summed E-state index contributed by atoms with van der Waals surface area (Å²) < 4.78 is 1.39. The van der Waals surface area contributed by atoms with Crippen molar-refractivity contribution < 1.29 is 4.48 Å². The van der Waals surface area contributed by atoms with Crippen LogP contribution in [0.1, 0.15) is 53.9 Å². The van der Waals surface area contributed by atoms with Crippen LogP contribution in [0.25, 0.3) is 0 Å². The number of piperidine rings is 3. The molecule has 3 aliphatic heterocycles. The molecule has 3 heterocycles. The van der Waals surface area contributed by atoms with Gasteiger partial charge in [0.1, 0.15) is 0 Å². The third kappa shape index (κ3) is 1.54. The van der Waals surface area contributed by atoms with Crippen LogP contribution < -0.4 is 0 Å². The Morgan fingerprint density at radius 3 is 1.60 bits per heavy atom. The molecule has 1 nitrogen and oxygen atoms in total. The second-order valence-corrected chi connectivity index (χ2v) is 7.25. The van der Waals surface area contributed by atoms with Crippen molar-refractivity contribution in [2.45, 2.75) is 59.4 Å². The van der Waals surface area contributed by atoms with E-state index >= 15 is 0 Å². The van der Waals surface area contributed by atoms with Gasteiger partial charge in [0.05, 0.1) is 25.2 Å². The lowest BCUT2D eigenvalue weighted by Crippen LogP contribution is -2.69. The molecule has 2 bridgehead atoms. The Morgan fingerprint density at radius 2 is 1.33 bits per heavy atom. The first-order valence-electron chi connectivity index (χ1n) is 6.68. The predicted octanol–water partition coefficient (Wildman–Crippen LogP) is 3.44. The number of rotatable bonds is 1. The van der Waals surface area contributed by atoms with E-state index in [1.54, 1.807) is 0 Å². The van der Waals surface area contributed by atoms with Crippen molar-refractivity contribution in [1.29, 1.82) is 0 Å². The highest BCUT2D eigenvalue weighted by Crippen LogP contribution is 2.51. The van der Waals surface area contributed by atoms with Crippen LogP contribution in [-0.4, -0.2) is 29.7 Å². The maximum absolute atomic E-state index is 2.43. The topological polar surface area (TPSA) is 0 Å². The predicted molar refractivity (Wildman–Crippen MR) is 65.7 cm³/mol. The fourth-order valence-corrected chi connectivity index (χ4v) is 3.89. The van der Waals surface area contributed by atoms with E-state index in [-0.39, 0.29) is 0 Å². The molecule has 0 atom stereocenters. The van der Waals surface area contributed by atoms with E-state index in [1.807, 2.05) is 0 Å². The summed E-state index contributed by atoms with van der Waals surface area (Å²) in [6.07, 6.45) is 4.42. The van der Waals surface area contributed by atoms with Crippen LogP contribution in [0, 0.1) is 11.3 Å². The molecular formula is C14H28N+. The van der Waals surface area contributed by atoms with Crippen LogP contribution in [0.15, 0.2) is 0 Å². The second kappa shape index (κ2) is 3.23. The molecule has 0 radical (unpaired) electrons. The van der Waals surface area contributed by atoms with Gasteiger partial charge in [0.15, 0.2) is 0 Å². The van der Waals surface area contributed by atoms with E-state index in [9.17, 15) is 0 Å². The van der Waals surface area contributed by atoms with E-state index in [0.717, 1.165) is 5.92 Å². The zero-order valence-corrected chi connectivity index (χ0v) is 11.3. The fraction of sp³-hybridized carbons (Fsp3) is 1.00. The Bertz CT molecular complexity index is 222. The number of nitrogens with zero attached hydrogens (tertiary/aromatic N) is 1. The molecule has 3 aliphatic rings. The summed E-state index contributed by atoms with van der Waals surface area (Å²) in [7, 11) is 0. The van der Waals surface area contributed by atoms with Gasteiger partial charge in [-0.3, -0.25) is 0 Å². The average molecular weight is 210 g/mol. The van der Waals surface area contributed by atoms with Crippen molar-refractivity contribution in [3.63, 3.8) is 0 Å². The minimum atomic E-state index is 0.462. The molecule has 3 saturated heterocycles. The molecule has 0 aromatic rings. The van der Waals surface area contributed by atoms with Crippen molar-refractivity contribution in [2.75, 3.05) is 19.6 Å². The normalized spacial score (nSPS) is 41.2. The van der Waals surface area contributed by atoms with Crippen LogP contribution >= 0.6 is 0 Å². The largest absolute Gasteiger partial charge is 0.319 e. The van der Waals surface area contributed by atoms with E-state index in [0.29, 0.717) is 11.0 Å². The van der Waals surface area contributed by atoms with Crippen LogP contribution in [0.5, 0.6) is 0 Å². The van der Waals surface area contributed by atoms with Gasteiger partial charge in [0, 0.05) is 19.3 Å². The third-order valence-corrected chi connectivity index (χ3v) is 5.76. The van der Waals surface area contributed by atoms with E-state index in [1.165, 1.54) is 43.4 Å². The van der Waals surface area contributed by atoms with E-state index in [4.69, 9.17) is 0 Å². The maximum atomic E-state index is 2.43. The number of fused-ring (bicyclic) bond motifs is 3. The average Bonchev–Trinajstić information content (AvgIpc) is 2.19. The Kier molecular flexibility index (Phi) is 2.46. The standard InChI is InChI=1S/C14H28N/c1-12(2)14-6-9-15(10-7-14,11-8-14)13(3,4)5/h12H,6-11H2,1-5H3/q+1. The van der Waals surface area contributed by atoms with Crippen molar-refractivity contribution in [3.05, 3.63) is 0 Å². The van der Waals surface area contributed by atoms with Gasteiger partial charge in [-0.25, -0.2) is 0 Å². The molecule has 88 valence electrons. The number of hydrogen-bond donors (Lipinski definition) is 0. The molecule has 1 heteroatoms. The summed E-state index contributed by atoms with van der Waals surface area (Å²) in [6, 6.07) is 0. The Balaban J connectivity index is 2.18. The van der Waals surface area contributed by atoms with Crippen LogP contribution in [0.3, 0.4) is 0 Å². The summed E-state index contributed by atoms with van der Waals surface area (Å²) >= 11 is 0. The van der Waals surface area contributed by atoms with Crippen molar-refractivity contribution in [2.24, 2.45) is 11.3 Å². The van der Waals surface area contributed by atoms with E-state index in [2.05, 4.69) is 34.6 Å². The van der Waals surface area contributed by atoms with Gasteiger partial charge in [0.25, 0.3) is 0 Å². The van der Waals surface area contributed by atoms with Gasteiger partial charge >= 0.3 is 0 Å². The van der Waals surface area contributed by atoms with Crippen molar-refractivity contribution in [1.82, 2.24) is 0 Å². The van der Waals surface area contributed by atoms with Gasteiger partial charge in [-0.05, 0) is 32.1 Å². The van der Waals surface area contributed by atoms with Gasteiger partial charge in [-0.2, -0.15) is 0 Å². The minimum absolute atomic E-state index is 0.462. The molecule has 0 spiro atoms. The molecule has 0 aliphatic carbocycles. The summed E-state index contributed by atoms with van der Waals surface area (Å²) in [6.45, 7) is 16.5. The van der Waals surface area contributed by atoms with Gasteiger partial charge in [-0.15, -0.1) is 0 Å². The lowest BCUT2D eigenvalue weighted by Gasteiger charge is -2.61. The zero-order valence-electron chi connectivity index (χ0n) is 11.3.